The van der Waals surface area contributed by atoms with Crippen molar-refractivity contribution in [1.82, 2.24) is 9.80 Å². The number of benzene rings is 1. The molecule has 19 heavy (non-hydrogen) atoms. The van der Waals surface area contributed by atoms with Gasteiger partial charge in [0.15, 0.2) is 0 Å². The molecule has 0 unspecified atom stereocenters. The highest BCUT2D eigenvalue weighted by Crippen LogP contribution is 2.18. The molecule has 0 spiro atoms. The lowest BCUT2D eigenvalue weighted by atomic mass is 10.1. The van der Waals surface area contributed by atoms with E-state index in [0.29, 0.717) is 32.8 Å². The predicted molar refractivity (Wildman–Crippen MR) is 68.2 cm³/mol. The Labute approximate surface area is 111 Å². The molecule has 1 aromatic rings. The van der Waals surface area contributed by atoms with Crippen LogP contribution in [0, 0.1) is 0 Å². The van der Waals surface area contributed by atoms with Crippen molar-refractivity contribution in [1.29, 1.82) is 0 Å². The summed E-state index contributed by atoms with van der Waals surface area (Å²) in [7, 11) is 0. The molecule has 0 radical (unpaired) electrons. The molecular formula is C14H16N2O3. The molecule has 2 amide bonds. The zero-order valence-electron chi connectivity index (χ0n) is 10.6. The average molecular weight is 260 g/mol. The first-order valence-electron chi connectivity index (χ1n) is 6.47. The first kappa shape index (κ1) is 12.2. The first-order chi connectivity index (χ1) is 9.25. The first-order valence-corrected chi connectivity index (χ1v) is 6.47. The van der Waals surface area contributed by atoms with E-state index in [-0.39, 0.29) is 6.04 Å². The maximum absolute atomic E-state index is 12.1. The van der Waals surface area contributed by atoms with Crippen molar-refractivity contribution in [3.05, 3.63) is 35.9 Å². The topological polar surface area (TPSA) is 49.9 Å². The molecule has 0 aliphatic carbocycles. The highest BCUT2D eigenvalue weighted by molar-refractivity contribution is 6.35. The highest BCUT2D eigenvalue weighted by Gasteiger charge is 2.40. The highest BCUT2D eigenvalue weighted by atomic mass is 16.5. The second kappa shape index (κ2) is 5.01. The van der Waals surface area contributed by atoms with Crippen molar-refractivity contribution in [2.45, 2.75) is 12.6 Å². The maximum atomic E-state index is 12.1. The lowest BCUT2D eigenvalue weighted by Gasteiger charge is -2.42. The summed E-state index contributed by atoms with van der Waals surface area (Å²) in [6.45, 7) is 2.60. The molecular weight excluding hydrogens is 244 g/mol. The van der Waals surface area contributed by atoms with Crippen LogP contribution in [0.3, 0.4) is 0 Å². The molecule has 0 aromatic heterocycles. The number of hydrogen-bond acceptors (Lipinski definition) is 3. The minimum absolute atomic E-state index is 0.00247. The summed E-state index contributed by atoms with van der Waals surface area (Å²) in [6, 6.07) is 9.72. The number of piperazine rings is 1. The largest absolute Gasteiger partial charge is 0.377 e. The zero-order chi connectivity index (χ0) is 13.2. The molecule has 2 aliphatic rings. The molecule has 100 valence electrons. The van der Waals surface area contributed by atoms with Gasteiger partial charge in [-0.3, -0.25) is 9.59 Å². The molecule has 2 saturated heterocycles. The van der Waals surface area contributed by atoms with Gasteiger partial charge < -0.3 is 14.5 Å². The molecule has 0 N–H and O–H groups in total. The monoisotopic (exact) mass is 260 g/mol. The van der Waals surface area contributed by atoms with Crippen LogP contribution < -0.4 is 0 Å². The number of carbonyl (C=O) groups excluding carboxylic acids is 2. The van der Waals surface area contributed by atoms with Gasteiger partial charge in [-0.2, -0.15) is 0 Å². The lowest BCUT2D eigenvalue weighted by Crippen LogP contribution is -2.63. The van der Waals surface area contributed by atoms with Crippen LogP contribution in [0.2, 0.25) is 0 Å². The third kappa shape index (κ3) is 2.33. The van der Waals surface area contributed by atoms with Crippen LogP contribution in [0.5, 0.6) is 0 Å². The van der Waals surface area contributed by atoms with Crippen molar-refractivity contribution in [2.75, 3.05) is 26.3 Å². The molecule has 3 rings (SSSR count). The van der Waals surface area contributed by atoms with E-state index in [4.69, 9.17) is 4.74 Å². The Balaban J connectivity index is 1.75. The van der Waals surface area contributed by atoms with Crippen molar-refractivity contribution in [3.8, 4) is 0 Å². The normalized spacial score (nSPS) is 23.5. The fraction of sp³-hybridized carbons (Fsp3) is 0.429. The average Bonchev–Trinajstić information content (AvgIpc) is 2.46. The maximum Gasteiger partial charge on any atom is 0.312 e. The van der Waals surface area contributed by atoms with Crippen LogP contribution in [0.1, 0.15) is 5.56 Å². The number of amides is 2. The van der Waals surface area contributed by atoms with Crippen molar-refractivity contribution < 1.29 is 14.3 Å². The Morgan fingerprint density at radius 2 is 1.95 bits per heavy atom. The van der Waals surface area contributed by atoms with Crippen molar-refractivity contribution in [3.63, 3.8) is 0 Å². The third-order valence-corrected chi connectivity index (χ3v) is 3.61. The van der Waals surface area contributed by atoms with Gasteiger partial charge in [0.2, 0.25) is 0 Å². The number of hydrogen-bond donors (Lipinski definition) is 0. The number of morpholine rings is 1. The van der Waals surface area contributed by atoms with E-state index in [0.717, 1.165) is 5.56 Å². The summed E-state index contributed by atoms with van der Waals surface area (Å²) in [4.78, 5) is 27.4. The summed E-state index contributed by atoms with van der Waals surface area (Å²) in [5.74, 6) is -0.794. The summed E-state index contributed by atoms with van der Waals surface area (Å²) in [5, 5.41) is 0. The van der Waals surface area contributed by atoms with E-state index < -0.39 is 11.8 Å². The van der Waals surface area contributed by atoms with Gasteiger partial charge in [-0.05, 0) is 5.56 Å². The van der Waals surface area contributed by atoms with E-state index in [1.54, 1.807) is 9.80 Å². The van der Waals surface area contributed by atoms with Gasteiger partial charge in [-0.1, -0.05) is 30.3 Å². The van der Waals surface area contributed by atoms with Crippen molar-refractivity contribution in [2.24, 2.45) is 0 Å². The smallest absolute Gasteiger partial charge is 0.312 e. The van der Waals surface area contributed by atoms with Crippen LogP contribution in [0.15, 0.2) is 30.3 Å². The summed E-state index contributed by atoms with van der Waals surface area (Å²) in [5.41, 5.74) is 1.04. The van der Waals surface area contributed by atoms with E-state index in [1.807, 2.05) is 30.3 Å². The van der Waals surface area contributed by atoms with Gasteiger partial charge in [0.05, 0.1) is 19.3 Å². The molecule has 5 heteroatoms. The molecule has 1 atom stereocenters. The SMILES string of the molecule is O=C1C(=O)N2CCOC[C@H]2CN1Cc1ccccc1. The van der Waals surface area contributed by atoms with Crippen LogP contribution >= 0.6 is 0 Å². The Morgan fingerprint density at radius 3 is 2.74 bits per heavy atom. The van der Waals surface area contributed by atoms with Gasteiger partial charge in [0.25, 0.3) is 0 Å². The molecule has 2 aliphatic heterocycles. The fourth-order valence-electron chi connectivity index (χ4n) is 2.61. The summed E-state index contributed by atoms with van der Waals surface area (Å²) in [6.07, 6.45) is 0. The molecule has 1 aromatic carbocycles. The number of rotatable bonds is 2. The second-order valence-corrected chi connectivity index (χ2v) is 4.90. The lowest BCUT2D eigenvalue weighted by molar-refractivity contribution is -0.165. The minimum Gasteiger partial charge on any atom is -0.377 e. The Morgan fingerprint density at radius 1 is 1.16 bits per heavy atom. The van der Waals surface area contributed by atoms with Crippen LogP contribution in [0.25, 0.3) is 0 Å². The van der Waals surface area contributed by atoms with Crippen LogP contribution in [0.4, 0.5) is 0 Å². The van der Waals surface area contributed by atoms with Crippen LogP contribution in [-0.2, 0) is 20.9 Å². The van der Waals surface area contributed by atoms with E-state index in [2.05, 4.69) is 0 Å². The Bertz CT molecular complexity index is 489. The van der Waals surface area contributed by atoms with Gasteiger partial charge in [-0.15, -0.1) is 0 Å². The quantitative estimate of drug-likeness (QED) is 0.717. The molecule has 2 fully saturated rings. The van der Waals surface area contributed by atoms with Gasteiger partial charge >= 0.3 is 11.8 Å². The molecule has 0 saturated carbocycles. The van der Waals surface area contributed by atoms with E-state index >= 15 is 0 Å². The Kier molecular flexibility index (Phi) is 3.21. The Hall–Kier alpha value is -1.88. The predicted octanol–water partition coefficient (Wildman–Crippen LogP) is 0.256. The molecule has 2 heterocycles. The van der Waals surface area contributed by atoms with E-state index in [9.17, 15) is 9.59 Å². The van der Waals surface area contributed by atoms with Crippen molar-refractivity contribution >= 4 is 11.8 Å². The third-order valence-electron chi connectivity index (χ3n) is 3.61. The van der Waals surface area contributed by atoms with Gasteiger partial charge in [0, 0.05) is 19.6 Å². The van der Waals surface area contributed by atoms with Gasteiger partial charge in [-0.25, -0.2) is 0 Å². The van der Waals surface area contributed by atoms with Gasteiger partial charge in [0.1, 0.15) is 0 Å². The van der Waals surface area contributed by atoms with E-state index in [1.165, 1.54) is 0 Å². The zero-order valence-corrected chi connectivity index (χ0v) is 10.6. The minimum atomic E-state index is -0.401. The van der Waals surface area contributed by atoms with Crippen LogP contribution in [-0.4, -0.2) is 54.0 Å². The number of fused-ring (bicyclic) bond motifs is 1. The second-order valence-electron chi connectivity index (χ2n) is 4.90. The standard InChI is InChI=1S/C14H16N2O3/c17-13-14(18)16-6-7-19-10-12(16)9-15(13)8-11-4-2-1-3-5-11/h1-5,12H,6-10H2/t12-/m1/s1. The number of ether oxygens (including phenoxy) is 1. The fourth-order valence-corrected chi connectivity index (χ4v) is 2.61. The summed E-state index contributed by atoms with van der Waals surface area (Å²) >= 11 is 0. The number of nitrogens with zero attached hydrogens (tertiary/aromatic N) is 2. The molecule has 0 bridgehead atoms. The summed E-state index contributed by atoms with van der Waals surface area (Å²) < 4.78 is 5.39. The molecule has 5 nitrogen and oxygen atoms in total. The number of carbonyl (C=O) groups is 2.